The number of aromatic amines is 2. The molecule has 5 aromatic rings. The van der Waals surface area contributed by atoms with Crippen LogP contribution in [0.3, 0.4) is 0 Å². The summed E-state index contributed by atoms with van der Waals surface area (Å²) < 4.78 is 5.92. The van der Waals surface area contributed by atoms with Gasteiger partial charge < -0.3 is 15.0 Å². The summed E-state index contributed by atoms with van der Waals surface area (Å²) in [6, 6.07) is 12.3. The Morgan fingerprint density at radius 2 is 2.16 bits per heavy atom. The van der Waals surface area contributed by atoms with E-state index >= 15 is 0 Å². The lowest BCUT2D eigenvalue weighted by atomic mass is 9.99. The van der Waals surface area contributed by atoms with E-state index in [4.69, 9.17) is 4.74 Å². The number of thiazole rings is 1. The summed E-state index contributed by atoms with van der Waals surface area (Å²) in [5.74, 6) is 0.387. The molecule has 1 fully saturated rings. The molecule has 0 aliphatic carbocycles. The van der Waals surface area contributed by atoms with E-state index in [9.17, 15) is 4.79 Å². The number of ether oxygens (including phenoxy) is 1. The zero-order valence-electron chi connectivity index (χ0n) is 21.0. The maximum absolute atomic E-state index is 13.2. The SMILES string of the molecule is CC(C)CC1CN(Cc2nc(C(=O)Nc3cc(-c4cccc5[nH]ccc45)cc4[nH]ncc34)cs2)CCO1. The lowest BCUT2D eigenvalue weighted by molar-refractivity contribution is -0.0400. The fourth-order valence-corrected chi connectivity index (χ4v) is 5.92. The number of nitrogens with one attached hydrogen (secondary N) is 3. The molecule has 4 heterocycles. The Hall–Kier alpha value is -3.53. The third-order valence-corrected chi connectivity index (χ3v) is 7.65. The number of H-pyrrole nitrogens is 2. The first-order valence-corrected chi connectivity index (χ1v) is 13.5. The molecule has 1 unspecified atom stereocenters. The van der Waals surface area contributed by atoms with Crippen LogP contribution in [-0.4, -0.2) is 56.8 Å². The Bertz CT molecular complexity index is 1550. The molecule has 0 bridgehead atoms. The number of hydrogen-bond donors (Lipinski definition) is 3. The first-order chi connectivity index (χ1) is 18.0. The van der Waals surface area contributed by atoms with Gasteiger partial charge in [0.2, 0.25) is 0 Å². The zero-order chi connectivity index (χ0) is 25.4. The number of benzene rings is 2. The van der Waals surface area contributed by atoms with E-state index in [1.807, 2.05) is 23.7 Å². The van der Waals surface area contributed by atoms with Gasteiger partial charge in [-0.15, -0.1) is 11.3 Å². The van der Waals surface area contributed by atoms with Crippen molar-refractivity contribution >= 4 is 44.7 Å². The number of amides is 1. The van der Waals surface area contributed by atoms with Gasteiger partial charge in [0.25, 0.3) is 5.91 Å². The number of aromatic nitrogens is 4. The van der Waals surface area contributed by atoms with Gasteiger partial charge in [0.05, 0.1) is 36.7 Å². The monoisotopic (exact) mass is 514 g/mol. The number of carbonyl (C=O) groups excluding carboxylic acids is 1. The second-order valence-electron chi connectivity index (χ2n) is 10.0. The van der Waals surface area contributed by atoms with Gasteiger partial charge in [0, 0.05) is 41.0 Å². The van der Waals surface area contributed by atoms with E-state index in [1.54, 1.807) is 6.20 Å². The van der Waals surface area contributed by atoms with E-state index in [0.29, 0.717) is 17.3 Å². The molecule has 3 aromatic heterocycles. The van der Waals surface area contributed by atoms with Crippen LogP contribution >= 0.6 is 11.3 Å². The molecule has 37 heavy (non-hydrogen) atoms. The molecule has 8 nitrogen and oxygen atoms in total. The molecule has 0 saturated carbocycles. The summed E-state index contributed by atoms with van der Waals surface area (Å²) in [6.07, 6.45) is 5.00. The van der Waals surface area contributed by atoms with E-state index in [-0.39, 0.29) is 12.0 Å². The standard InChI is InChI=1S/C28H30N6O2S/c1-17(2)10-19-14-34(8-9-36-19)15-27-31-26(16-37-27)28(35)32-24-11-18(12-25-22(24)13-30-33-25)20-4-3-5-23-21(20)6-7-29-23/h3-7,11-13,16-17,19,29H,8-10,14-15H2,1-2H3,(H,30,33)(H,32,35). The van der Waals surface area contributed by atoms with Crippen LogP contribution < -0.4 is 5.32 Å². The summed E-state index contributed by atoms with van der Waals surface area (Å²) in [5.41, 5.74) is 5.16. The second kappa shape index (κ2) is 10.1. The van der Waals surface area contributed by atoms with Crippen LogP contribution in [0, 0.1) is 5.92 Å². The largest absolute Gasteiger partial charge is 0.376 e. The van der Waals surface area contributed by atoms with Crippen molar-refractivity contribution in [3.63, 3.8) is 0 Å². The number of anilines is 1. The molecule has 190 valence electrons. The minimum absolute atomic E-state index is 0.221. The highest BCUT2D eigenvalue weighted by atomic mass is 32.1. The van der Waals surface area contributed by atoms with Crippen molar-refractivity contribution in [2.75, 3.05) is 25.0 Å². The number of carbonyl (C=O) groups is 1. The molecule has 1 amide bonds. The molecule has 6 rings (SSSR count). The van der Waals surface area contributed by atoms with Crippen molar-refractivity contribution in [3.8, 4) is 11.1 Å². The molecule has 3 N–H and O–H groups in total. The lowest BCUT2D eigenvalue weighted by Gasteiger charge is -2.33. The normalized spacial score (nSPS) is 16.7. The van der Waals surface area contributed by atoms with Gasteiger partial charge in [0.15, 0.2) is 0 Å². The van der Waals surface area contributed by atoms with Gasteiger partial charge in [-0.1, -0.05) is 26.0 Å². The first-order valence-electron chi connectivity index (χ1n) is 12.7. The number of nitrogens with zero attached hydrogens (tertiary/aromatic N) is 3. The minimum Gasteiger partial charge on any atom is -0.376 e. The van der Waals surface area contributed by atoms with Crippen molar-refractivity contribution in [2.45, 2.75) is 32.9 Å². The van der Waals surface area contributed by atoms with Crippen molar-refractivity contribution < 1.29 is 9.53 Å². The minimum atomic E-state index is -0.221. The van der Waals surface area contributed by atoms with Crippen LogP contribution in [-0.2, 0) is 11.3 Å². The summed E-state index contributed by atoms with van der Waals surface area (Å²) in [4.78, 5) is 23.5. The van der Waals surface area contributed by atoms with Crippen molar-refractivity contribution in [1.82, 2.24) is 25.1 Å². The first kappa shape index (κ1) is 23.8. The van der Waals surface area contributed by atoms with E-state index in [0.717, 1.165) is 70.6 Å². The number of morpholine rings is 1. The molecule has 1 aliphatic heterocycles. The maximum Gasteiger partial charge on any atom is 0.275 e. The summed E-state index contributed by atoms with van der Waals surface area (Å²) in [5, 5.41) is 15.1. The summed E-state index contributed by atoms with van der Waals surface area (Å²) in [6.45, 7) is 7.71. The fraction of sp³-hybridized carbons (Fsp3) is 0.321. The average molecular weight is 515 g/mol. The third kappa shape index (κ3) is 5.02. The predicted octanol–water partition coefficient (Wildman–Crippen LogP) is 5.67. The Morgan fingerprint density at radius 3 is 3.05 bits per heavy atom. The quantitative estimate of drug-likeness (QED) is 0.260. The summed E-state index contributed by atoms with van der Waals surface area (Å²) in [7, 11) is 0. The molecule has 0 spiro atoms. The predicted molar refractivity (Wildman–Crippen MR) is 148 cm³/mol. The molecule has 1 aliphatic rings. The Morgan fingerprint density at radius 1 is 1.24 bits per heavy atom. The second-order valence-corrected chi connectivity index (χ2v) is 11.0. The number of rotatable bonds is 7. The highest BCUT2D eigenvalue weighted by molar-refractivity contribution is 7.09. The van der Waals surface area contributed by atoms with Gasteiger partial charge in [-0.05, 0) is 47.7 Å². The van der Waals surface area contributed by atoms with E-state index in [2.05, 4.69) is 68.5 Å². The van der Waals surface area contributed by atoms with Crippen molar-refractivity contribution in [1.29, 1.82) is 0 Å². The van der Waals surface area contributed by atoms with E-state index < -0.39 is 0 Å². The van der Waals surface area contributed by atoms with Crippen molar-refractivity contribution in [2.24, 2.45) is 5.92 Å². The lowest BCUT2D eigenvalue weighted by Crippen LogP contribution is -2.42. The maximum atomic E-state index is 13.2. The van der Waals surface area contributed by atoms with Crippen LogP contribution in [0.4, 0.5) is 5.69 Å². The molecule has 1 saturated heterocycles. The molecule has 2 aromatic carbocycles. The smallest absolute Gasteiger partial charge is 0.275 e. The zero-order valence-corrected chi connectivity index (χ0v) is 21.8. The van der Waals surface area contributed by atoms with Gasteiger partial charge in [-0.25, -0.2) is 4.98 Å². The van der Waals surface area contributed by atoms with Crippen LogP contribution in [0.5, 0.6) is 0 Å². The van der Waals surface area contributed by atoms with Crippen molar-refractivity contribution in [3.05, 3.63) is 64.9 Å². The highest BCUT2D eigenvalue weighted by Crippen LogP contribution is 2.34. The van der Waals surface area contributed by atoms with Gasteiger partial charge in [-0.3, -0.25) is 14.8 Å². The van der Waals surface area contributed by atoms with Crippen LogP contribution in [0.25, 0.3) is 32.9 Å². The molecular formula is C28H30N6O2S. The van der Waals surface area contributed by atoms with Crippen LogP contribution in [0.15, 0.2) is 54.2 Å². The highest BCUT2D eigenvalue weighted by Gasteiger charge is 2.23. The molecule has 1 atom stereocenters. The Balaban J connectivity index is 1.21. The van der Waals surface area contributed by atoms with Gasteiger partial charge >= 0.3 is 0 Å². The van der Waals surface area contributed by atoms with Gasteiger partial charge in [0.1, 0.15) is 10.7 Å². The van der Waals surface area contributed by atoms with E-state index in [1.165, 1.54) is 11.3 Å². The fourth-order valence-electron chi connectivity index (χ4n) is 5.11. The number of fused-ring (bicyclic) bond motifs is 2. The average Bonchev–Trinajstić information content (AvgIpc) is 3.64. The van der Waals surface area contributed by atoms with Crippen LogP contribution in [0.1, 0.15) is 35.8 Å². The Kier molecular flexibility index (Phi) is 6.50. The molecule has 9 heteroatoms. The topological polar surface area (TPSA) is 98.9 Å². The number of hydrogen-bond acceptors (Lipinski definition) is 6. The Labute approximate surface area is 219 Å². The van der Waals surface area contributed by atoms with Gasteiger partial charge in [-0.2, -0.15) is 5.10 Å². The summed E-state index contributed by atoms with van der Waals surface area (Å²) >= 11 is 1.53. The third-order valence-electron chi connectivity index (χ3n) is 6.81. The van der Waals surface area contributed by atoms with Crippen LogP contribution in [0.2, 0.25) is 0 Å². The molecular weight excluding hydrogens is 484 g/mol. The molecule has 0 radical (unpaired) electrons.